The molecule has 2 N–H and O–H groups in total. The number of hydrogen-bond acceptors (Lipinski definition) is 10. The summed E-state index contributed by atoms with van der Waals surface area (Å²) >= 11 is -2.49. The second-order valence-electron chi connectivity index (χ2n) is 9.53. The lowest BCUT2D eigenvalue weighted by Gasteiger charge is -2.40. The molecule has 4 heterocycles. The van der Waals surface area contributed by atoms with Gasteiger partial charge >= 0.3 is 0 Å². The van der Waals surface area contributed by atoms with Gasteiger partial charge in [-0.3, -0.25) is 18.4 Å². The van der Waals surface area contributed by atoms with Gasteiger partial charge in [0.1, 0.15) is 17.2 Å². The molecule has 0 radical (unpaired) electrons. The van der Waals surface area contributed by atoms with Gasteiger partial charge in [0.2, 0.25) is 15.8 Å². The molecule has 5 rings (SSSR count). The predicted octanol–water partition coefficient (Wildman–Crippen LogP) is -0.846. The summed E-state index contributed by atoms with van der Waals surface area (Å²) in [6.45, 7) is 0.315. The van der Waals surface area contributed by atoms with Gasteiger partial charge in [-0.1, -0.05) is 6.07 Å². The summed E-state index contributed by atoms with van der Waals surface area (Å²) in [5, 5.41) is 13.0. The molecule has 218 valence electrons. The molecule has 17 heteroatoms. The number of ether oxygens (including phenoxy) is 2. The Morgan fingerprint density at radius 2 is 1.88 bits per heavy atom. The second-order valence-corrected chi connectivity index (χ2v) is 12.4. The molecule has 0 saturated carbocycles. The van der Waals surface area contributed by atoms with Crippen molar-refractivity contribution in [1.29, 1.82) is 0 Å². The lowest BCUT2D eigenvalue weighted by atomic mass is 9.91. The Hall–Kier alpha value is -2.80. The molecule has 2 saturated heterocycles. The number of fused-ring (bicyclic) bond motifs is 2. The Balaban J connectivity index is 1.40. The van der Waals surface area contributed by atoms with E-state index in [1.807, 2.05) is 0 Å². The van der Waals surface area contributed by atoms with Gasteiger partial charge in [0.25, 0.3) is 11.5 Å². The van der Waals surface area contributed by atoms with E-state index in [0.717, 1.165) is 20.7 Å². The van der Waals surface area contributed by atoms with Crippen molar-refractivity contribution < 1.29 is 40.9 Å². The van der Waals surface area contributed by atoms with Crippen molar-refractivity contribution >= 4 is 27.2 Å². The third kappa shape index (κ3) is 5.29. The highest BCUT2D eigenvalue weighted by molar-refractivity contribution is 7.89. The van der Waals surface area contributed by atoms with Crippen LogP contribution in [0, 0.1) is 5.82 Å². The SMILES string of the molecule is O=C(NCc1ccc(F)cc1S(=O)(=O)N1CCN(S(=O)[O-])CC1)c1nc2n(c(=O)c1O)CCOC21CCOCC1. The molecule has 2 fully saturated rings. The fourth-order valence-corrected chi connectivity index (χ4v) is 7.21. The van der Waals surface area contributed by atoms with Crippen LogP contribution in [-0.2, 0) is 49.5 Å². The van der Waals surface area contributed by atoms with E-state index in [-0.39, 0.29) is 50.7 Å². The molecule has 3 aliphatic rings. The van der Waals surface area contributed by atoms with Crippen LogP contribution < -0.4 is 10.9 Å². The summed E-state index contributed by atoms with van der Waals surface area (Å²) in [5.41, 5.74) is -2.24. The summed E-state index contributed by atoms with van der Waals surface area (Å²) in [4.78, 5) is 30.0. The quantitative estimate of drug-likeness (QED) is 0.396. The molecule has 0 aliphatic carbocycles. The molecular formula is C23H27FN5O9S2-. The smallest absolute Gasteiger partial charge is 0.296 e. The highest BCUT2D eigenvalue weighted by atomic mass is 32.2. The largest absolute Gasteiger partial charge is 0.760 e. The number of carbonyl (C=O) groups is 1. The van der Waals surface area contributed by atoms with Gasteiger partial charge in [0.05, 0.1) is 18.0 Å². The lowest BCUT2D eigenvalue weighted by molar-refractivity contribution is -0.139. The van der Waals surface area contributed by atoms with Gasteiger partial charge in [0.15, 0.2) is 5.69 Å². The molecule has 3 aliphatic heterocycles. The minimum Gasteiger partial charge on any atom is -0.760 e. The van der Waals surface area contributed by atoms with E-state index in [1.165, 1.54) is 10.6 Å². The number of sulfonamides is 1. The Kier molecular flexibility index (Phi) is 8.06. The predicted molar refractivity (Wildman–Crippen MR) is 135 cm³/mol. The van der Waals surface area contributed by atoms with Crippen LogP contribution in [0.4, 0.5) is 4.39 Å². The molecule has 2 aromatic rings. The van der Waals surface area contributed by atoms with E-state index in [1.54, 1.807) is 0 Å². The summed E-state index contributed by atoms with van der Waals surface area (Å²) in [7, 11) is -4.25. The standard InChI is InChI=1S/C23H28FN5O9S2/c24-16-2-1-15(17(13-16)40(35,36)28-7-5-27(6-8-28)39(33)34)14-25-20(31)18-19(30)21(32)29-9-12-38-23(22(29)26-18)3-10-37-11-4-23/h1-2,13,30H,3-12,14H2,(H,25,31)(H,33,34)/p-1. The Bertz CT molecular complexity index is 1500. The van der Waals surface area contributed by atoms with Crippen molar-refractivity contribution in [2.75, 3.05) is 46.0 Å². The maximum Gasteiger partial charge on any atom is 0.296 e. The summed E-state index contributed by atoms with van der Waals surface area (Å²) < 4.78 is 77.9. The number of nitrogens with one attached hydrogen (secondary N) is 1. The molecule has 1 amide bonds. The van der Waals surface area contributed by atoms with Crippen LogP contribution >= 0.6 is 0 Å². The molecule has 1 atom stereocenters. The average molecular weight is 601 g/mol. The minimum atomic E-state index is -4.25. The van der Waals surface area contributed by atoms with E-state index < -0.39 is 67.1 Å². The van der Waals surface area contributed by atoms with Gasteiger partial charge in [-0.05, 0) is 17.7 Å². The molecule has 1 aromatic heterocycles. The first-order chi connectivity index (χ1) is 19.0. The first kappa shape index (κ1) is 28.7. The number of rotatable bonds is 6. The molecule has 0 bridgehead atoms. The van der Waals surface area contributed by atoms with Crippen LogP contribution in [-0.4, -0.2) is 92.4 Å². The van der Waals surface area contributed by atoms with Gasteiger partial charge in [-0.25, -0.2) is 22.1 Å². The number of carbonyl (C=O) groups excluding carboxylic acids is 1. The van der Waals surface area contributed by atoms with Gasteiger partial charge in [-0.2, -0.15) is 4.31 Å². The van der Waals surface area contributed by atoms with Crippen LogP contribution in [0.5, 0.6) is 5.75 Å². The number of aromatic hydroxyl groups is 1. The van der Waals surface area contributed by atoms with Crippen molar-refractivity contribution in [3.8, 4) is 5.75 Å². The molecule has 1 aromatic carbocycles. The molecule has 1 unspecified atom stereocenters. The number of halogens is 1. The van der Waals surface area contributed by atoms with E-state index >= 15 is 0 Å². The van der Waals surface area contributed by atoms with Crippen LogP contribution in [0.25, 0.3) is 0 Å². The molecule has 14 nitrogen and oxygen atoms in total. The van der Waals surface area contributed by atoms with Gasteiger partial charge in [-0.15, -0.1) is 0 Å². The van der Waals surface area contributed by atoms with Crippen molar-refractivity contribution in [3.63, 3.8) is 0 Å². The fraction of sp³-hybridized carbons (Fsp3) is 0.522. The number of amides is 1. The van der Waals surface area contributed by atoms with Crippen molar-refractivity contribution in [1.82, 2.24) is 23.5 Å². The van der Waals surface area contributed by atoms with Crippen LogP contribution in [0.2, 0.25) is 0 Å². The summed E-state index contributed by atoms with van der Waals surface area (Å²) in [6, 6.07) is 3.06. The van der Waals surface area contributed by atoms with Crippen LogP contribution in [0.1, 0.15) is 34.7 Å². The zero-order valence-corrected chi connectivity index (χ0v) is 22.8. The van der Waals surface area contributed by atoms with Crippen LogP contribution in [0.15, 0.2) is 27.9 Å². The molecule has 1 spiro atoms. The first-order valence-corrected chi connectivity index (χ1v) is 15.0. The van der Waals surface area contributed by atoms with E-state index in [9.17, 15) is 36.3 Å². The van der Waals surface area contributed by atoms with Crippen LogP contribution in [0.3, 0.4) is 0 Å². The molecule has 40 heavy (non-hydrogen) atoms. The maximum atomic E-state index is 14.1. The normalized spacial score (nSPS) is 20.6. The first-order valence-electron chi connectivity index (χ1n) is 12.5. The third-order valence-electron chi connectivity index (χ3n) is 7.26. The Morgan fingerprint density at radius 3 is 2.55 bits per heavy atom. The average Bonchev–Trinajstić information content (AvgIpc) is 2.95. The zero-order valence-electron chi connectivity index (χ0n) is 21.2. The van der Waals surface area contributed by atoms with E-state index in [4.69, 9.17) is 9.47 Å². The number of hydrogen-bond donors (Lipinski definition) is 2. The highest BCUT2D eigenvalue weighted by Gasteiger charge is 2.43. The minimum absolute atomic E-state index is 0.0444. The monoisotopic (exact) mass is 600 g/mol. The zero-order chi connectivity index (χ0) is 28.7. The van der Waals surface area contributed by atoms with E-state index in [0.29, 0.717) is 26.1 Å². The topological polar surface area (TPSA) is 183 Å². The van der Waals surface area contributed by atoms with Gasteiger partial charge in [0, 0.05) is 70.0 Å². The fourth-order valence-electron chi connectivity index (χ4n) is 5.10. The number of nitrogens with zero attached hydrogens (tertiary/aromatic N) is 4. The number of benzene rings is 1. The maximum absolute atomic E-state index is 14.1. The Morgan fingerprint density at radius 1 is 1.18 bits per heavy atom. The lowest BCUT2D eigenvalue weighted by Crippen LogP contribution is -2.49. The Labute approximate surface area is 231 Å². The second kappa shape index (κ2) is 11.2. The number of aromatic nitrogens is 2. The van der Waals surface area contributed by atoms with E-state index in [2.05, 4.69) is 10.3 Å². The van der Waals surface area contributed by atoms with Crippen molar-refractivity contribution in [2.45, 2.75) is 36.4 Å². The highest BCUT2D eigenvalue weighted by Crippen LogP contribution is 2.37. The summed E-state index contributed by atoms with van der Waals surface area (Å²) in [5.74, 6) is -2.41. The van der Waals surface area contributed by atoms with Crippen molar-refractivity contribution in [2.24, 2.45) is 0 Å². The van der Waals surface area contributed by atoms with Crippen molar-refractivity contribution in [3.05, 3.63) is 51.5 Å². The molecular weight excluding hydrogens is 573 g/mol. The summed E-state index contributed by atoms with van der Waals surface area (Å²) in [6.07, 6.45) is 0.808. The number of piperazine rings is 1. The third-order valence-corrected chi connectivity index (χ3v) is 10.0. The van der Waals surface area contributed by atoms with Gasteiger partial charge < -0.3 is 24.4 Å².